The molecule has 1 heterocycles. The minimum Gasteiger partial charge on any atom is -0.494 e. The van der Waals surface area contributed by atoms with Crippen molar-refractivity contribution in [2.75, 3.05) is 12.3 Å². The fourth-order valence-corrected chi connectivity index (χ4v) is 1.33. The molecule has 84 valence electrons. The smallest absolute Gasteiger partial charge is 0.137 e. The van der Waals surface area contributed by atoms with Gasteiger partial charge in [-0.15, -0.1) is 0 Å². The van der Waals surface area contributed by atoms with Crippen molar-refractivity contribution in [3.8, 4) is 5.75 Å². The number of nitrogens with zero attached hydrogens (tertiary/aromatic N) is 3. The highest BCUT2D eigenvalue weighted by Gasteiger charge is 1.94. The van der Waals surface area contributed by atoms with Crippen LogP contribution in [0.2, 0.25) is 0 Å². The van der Waals surface area contributed by atoms with E-state index in [1.54, 1.807) is 11.0 Å². The second-order valence-electron chi connectivity index (χ2n) is 3.43. The summed E-state index contributed by atoms with van der Waals surface area (Å²) in [6.07, 6.45) is 4.12. The molecule has 0 saturated heterocycles. The Hall–Kier alpha value is -2.04. The van der Waals surface area contributed by atoms with Crippen molar-refractivity contribution in [2.45, 2.75) is 13.0 Å². The van der Waals surface area contributed by atoms with Crippen LogP contribution in [-0.2, 0) is 6.54 Å². The van der Waals surface area contributed by atoms with Gasteiger partial charge in [0.25, 0.3) is 0 Å². The predicted molar refractivity (Wildman–Crippen MR) is 61.0 cm³/mol. The molecule has 0 aliphatic heterocycles. The highest BCUT2D eigenvalue weighted by Crippen LogP contribution is 2.13. The second-order valence-corrected chi connectivity index (χ2v) is 3.43. The molecule has 0 bridgehead atoms. The van der Waals surface area contributed by atoms with Crippen LogP contribution in [0.25, 0.3) is 0 Å². The number of ether oxygens (including phenoxy) is 1. The van der Waals surface area contributed by atoms with Crippen molar-refractivity contribution >= 4 is 5.69 Å². The summed E-state index contributed by atoms with van der Waals surface area (Å²) >= 11 is 0. The van der Waals surface area contributed by atoms with Gasteiger partial charge in [-0.25, -0.2) is 4.98 Å². The molecule has 5 heteroatoms. The Balaban J connectivity index is 1.70. The zero-order valence-corrected chi connectivity index (χ0v) is 8.91. The first-order valence-corrected chi connectivity index (χ1v) is 5.15. The summed E-state index contributed by atoms with van der Waals surface area (Å²) < 4.78 is 7.33. The number of nitrogens with two attached hydrogens (primary N) is 1. The molecule has 0 fully saturated rings. The first-order valence-electron chi connectivity index (χ1n) is 5.15. The largest absolute Gasteiger partial charge is 0.494 e. The number of benzene rings is 1. The third-order valence-corrected chi connectivity index (χ3v) is 2.15. The van der Waals surface area contributed by atoms with Crippen LogP contribution >= 0.6 is 0 Å². The molecule has 0 saturated carbocycles. The minimum atomic E-state index is 0.657. The molecule has 1 aromatic carbocycles. The number of nitrogen functional groups attached to an aromatic ring is 1. The van der Waals surface area contributed by atoms with Gasteiger partial charge in [0.1, 0.15) is 18.4 Å². The Kier molecular flexibility index (Phi) is 3.38. The van der Waals surface area contributed by atoms with E-state index in [2.05, 4.69) is 10.1 Å². The Morgan fingerprint density at radius 2 is 2.06 bits per heavy atom. The average molecular weight is 218 g/mol. The van der Waals surface area contributed by atoms with Crippen molar-refractivity contribution in [2.24, 2.45) is 0 Å². The molecule has 0 atom stereocenters. The first kappa shape index (κ1) is 10.5. The SMILES string of the molecule is Nc1ccc(OCCCn2cncn2)cc1. The molecule has 0 amide bonds. The van der Waals surface area contributed by atoms with Crippen molar-refractivity contribution in [3.05, 3.63) is 36.9 Å². The lowest BCUT2D eigenvalue weighted by Gasteiger charge is -2.06. The van der Waals surface area contributed by atoms with Crippen molar-refractivity contribution in [1.82, 2.24) is 14.8 Å². The van der Waals surface area contributed by atoms with Gasteiger partial charge >= 0.3 is 0 Å². The van der Waals surface area contributed by atoms with Crippen LogP contribution in [0.4, 0.5) is 5.69 Å². The molecule has 5 nitrogen and oxygen atoms in total. The van der Waals surface area contributed by atoms with Crippen molar-refractivity contribution in [1.29, 1.82) is 0 Å². The average Bonchev–Trinajstić information content (AvgIpc) is 2.80. The van der Waals surface area contributed by atoms with Gasteiger partial charge in [-0.2, -0.15) is 5.10 Å². The van der Waals surface area contributed by atoms with Gasteiger partial charge in [0.05, 0.1) is 6.61 Å². The molecule has 1 aromatic heterocycles. The van der Waals surface area contributed by atoms with E-state index in [9.17, 15) is 0 Å². The van der Waals surface area contributed by atoms with Gasteiger partial charge in [0.2, 0.25) is 0 Å². The maximum atomic E-state index is 5.57. The topological polar surface area (TPSA) is 66.0 Å². The zero-order valence-electron chi connectivity index (χ0n) is 8.91. The predicted octanol–water partition coefficient (Wildman–Crippen LogP) is 1.33. The number of anilines is 1. The van der Waals surface area contributed by atoms with E-state index in [4.69, 9.17) is 10.5 Å². The summed E-state index contributed by atoms with van der Waals surface area (Å²) in [5.74, 6) is 0.841. The second kappa shape index (κ2) is 5.16. The van der Waals surface area contributed by atoms with Crippen molar-refractivity contribution in [3.63, 3.8) is 0 Å². The van der Waals surface area contributed by atoms with Crippen LogP contribution in [0, 0.1) is 0 Å². The summed E-state index contributed by atoms with van der Waals surface area (Å²) in [6, 6.07) is 7.38. The van der Waals surface area contributed by atoms with E-state index in [0.717, 1.165) is 24.4 Å². The Morgan fingerprint density at radius 1 is 1.25 bits per heavy atom. The van der Waals surface area contributed by atoms with Crippen LogP contribution in [0.3, 0.4) is 0 Å². The van der Waals surface area contributed by atoms with Crippen LogP contribution in [0.1, 0.15) is 6.42 Å². The molecule has 2 N–H and O–H groups in total. The van der Waals surface area contributed by atoms with E-state index in [1.165, 1.54) is 6.33 Å². The lowest BCUT2D eigenvalue weighted by Crippen LogP contribution is -2.04. The van der Waals surface area contributed by atoms with E-state index in [1.807, 2.05) is 24.3 Å². The molecule has 2 rings (SSSR count). The van der Waals surface area contributed by atoms with Crippen LogP contribution in [-0.4, -0.2) is 21.4 Å². The van der Waals surface area contributed by atoms with Crippen LogP contribution < -0.4 is 10.5 Å². The Bertz CT molecular complexity index is 410. The number of rotatable bonds is 5. The zero-order chi connectivity index (χ0) is 11.2. The number of aromatic nitrogens is 3. The van der Waals surface area contributed by atoms with Gasteiger partial charge < -0.3 is 10.5 Å². The van der Waals surface area contributed by atoms with Gasteiger partial charge in [0, 0.05) is 18.7 Å². The van der Waals surface area contributed by atoms with Gasteiger partial charge in [-0.1, -0.05) is 0 Å². The molecular formula is C11H14N4O. The van der Waals surface area contributed by atoms with E-state index in [-0.39, 0.29) is 0 Å². The third-order valence-electron chi connectivity index (χ3n) is 2.15. The molecule has 2 aromatic rings. The summed E-state index contributed by atoms with van der Waals surface area (Å²) in [7, 11) is 0. The summed E-state index contributed by atoms with van der Waals surface area (Å²) in [5.41, 5.74) is 6.32. The molecule has 16 heavy (non-hydrogen) atoms. The minimum absolute atomic E-state index is 0.657. The quantitative estimate of drug-likeness (QED) is 0.607. The molecule has 0 radical (unpaired) electrons. The summed E-state index contributed by atoms with van der Waals surface area (Å²) in [4.78, 5) is 3.87. The highest BCUT2D eigenvalue weighted by molar-refractivity contribution is 5.41. The Morgan fingerprint density at radius 3 is 2.75 bits per heavy atom. The Labute approximate surface area is 93.9 Å². The standard InChI is InChI=1S/C11H14N4O/c12-10-2-4-11(5-3-10)16-7-1-6-15-9-13-8-14-15/h2-5,8-9H,1,6-7,12H2. The number of hydrogen-bond acceptors (Lipinski definition) is 4. The normalized spacial score (nSPS) is 10.2. The summed E-state index contributed by atoms with van der Waals surface area (Å²) in [5, 5.41) is 4.01. The van der Waals surface area contributed by atoms with Crippen LogP contribution in [0.5, 0.6) is 5.75 Å². The molecule has 0 aliphatic carbocycles. The maximum absolute atomic E-state index is 5.57. The van der Waals surface area contributed by atoms with E-state index < -0.39 is 0 Å². The van der Waals surface area contributed by atoms with Crippen molar-refractivity contribution < 1.29 is 4.74 Å². The molecule has 0 aliphatic rings. The number of hydrogen-bond donors (Lipinski definition) is 1. The molecular weight excluding hydrogens is 204 g/mol. The number of aryl methyl sites for hydroxylation is 1. The lowest BCUT2D eigenvalue weighted by atomic mass is 10.3. The first-order chi connectivity index (χ1) is 7.84. The highest BCUT2D eigenvalue weighted by atomic mass is 16.5. The maximum Gasteiger partial charge on any atom is 0.137 e. The van der Waals surface area contributed by atoms with E-state index in [0.29, 0.717) is 6.61 Å². The monoisotopic (exact) mass is 218 g/mol. The lowest BCUT2D eigenvalue weighted by molar-refractivity contribution is 0.298. The molecule has 0 spiro atoms. The summed E-state index contributed by atoms with van der Waals surface area (Å²) in [6.45, 7) is 1.47. The van der Waals surface area contributed by atoms with E-state index >= 15 is 0 Å². The fraction of sp³-hybridized carbons (Fsp3) is 0.273. The molecule has 0 unspecified atom stereocenters. The van der Waals surface area contributed by atoms with Crippen LogP contribution in [0.15, 0.2) is 36.9 Å². The third kappa shape index (κ3) is 2.98. The fourth-order valence-electron chi connectivity index (χ4n) is 1.33. The van der Waals surface area contributed by atoms with Gasteiger partial charge in [-0.05, 0) is 24.3 Å². The van der Waals surface area contributed by atoms with Gasteiger partial charge in [-0.3, -0.25) is 4.68 Å². The van der Waals surface area contributed by atoms with Gasteiger partial charge in [0.15, 0.2) is 0 Å².